The third kappa shape index (κ3) is 4.71. The molecule has 0 fully saturated rings. The van der Waals surface area contributed by atoms with Crippen LogP contribution in [0.4, 0.5) is 5.69 Å². The highest BCUT2D eigenvalue weighted by Gasteiger charge is 2.15. The molecule has 0 aliphatic carbocycles. The lowest BCUT2D eigenvalue weighted by Crippen LogP contribution is -2.39. The molecular weight excluding hydrogens is 348 g/mol. The van der Waals surface area contributed by atoms with E-state index in [1.54, 1.807) is 41.2 Å². The van der Waals surface area contributed by atoms with E-state index < -0.39 is 0 Å². The summed E-state index contributed by atoms with van der Waals surface area (Å²) in [6, 6.07) is 20.6. The summed E-state index contributed by atoms with van der Waals surface area (Å²) in [6.07, 6.45) is 4.53. The molecule has 1 heterocycles. The van der Waals surface area contributed by atoms with Crippen molar-refractivity contribution in [2.45, 2.75) is 32.7 Å². The number of anilines is 1. The molecule has 0 bridgehead atoms. The van der Waals surface area contributed by atoms with Crippen LogP contribution < -0.4 is 9.88 Å². The lowest BCUT2D eigenvalue weighted by Gasteiger charge is -2.15. The van der Waals surface area contributed by atoms with Gasteiger partial charge in [0.05, 0.1) is 0 Å². The predicted octanol–water partition coefficient (Wildman–Crippen LogP) is 4.36. The minimum atomic E-state index is -0.0945. The number of amides is 1. The van der Waals surface area contributed by atoms with Gasteiger partial charge in [-0.3, -0.25) is 9.59 Å². The van der Waals surface area contributed by atoms with E-state index in [0.29, 0.717) is 17.0 Å². The van der Waals surface area contributed by atoms with E-state index >= 15 is 0 Å². The molecule has 0 saturated heterocycles. The van der Waals surface area contributed by atoms with E-state index in [1.165, 1.54) is 0 Å². The van der Waals surface area contributed by atoms with Crippen molar-refractivity contribution in [2.75, 3.05) is 5.32 Å². The van der Waals surface area contributed by atoms with Crippen molar-refractivity contribution < 1.29 is 14.2 Å². The summed E-state index contributed by atoms with van der Waals surface area (Å²) >= 11 is 0. The molecule has 0 saturated carbocycles. The monoisotopic (exact) mass is 373 g/mol. The molecule has 142 valence electrons. The zero-order valence-electron chi connectivity index (χ0n) is 16.3. The standard InChI is InChI=1S/C24H24N2O2/c1-3-18(2)21-11-7-8-12-22(21)25-23(27)17-26-15-13-20(14-16-26)24(28)19-9-5-4-6-10-19/h4-16,18H,3,17H2,1-2H3/p+1/t18-/m1/s1. The van der Waals surface area contributed by atoms with Crippen LogP contribution in [0.2, 0.25) is 0 Å². The molecule has 1 amide bonds. The molecular formula is C24H25N2O2+. The van der Waals surface area contributed by atoms with Crippen LogP contribution in [0.5, 0.6) is 0 Å². The van der Waals surface area contributed by atoms with Crippen LogP contribution in [0.1, 0.15) is 47.7 Å². The third-order valence-electron chi connectivity index (χ3n) is 4.89. The quantitative estimate of drug-likeness (QED) is 0.494. The molecule has 1 N–H and O–H groups in total. The van der Waals surface area contributed by atoms with Gasteiger partial charge >= 0.3 is 0 Å². The van der Waals surface area contributed by atoms with Gasteiger partial charge in [-0.25, -0.2) is 0 Å². The predicted molar refractivity (Wildman–Crippen MR) is 110 cm³/mol. The first kappa shape index (κ1) is 19.5. The Morgan fingerprint density at radius 2 is 1.50 bits per heavy atom. The molecule has 0 radical (unpaired) electrons. The van der Waals surface area contributed by atoms with E-state index in [4.69, 9.17) is 0 Å². The zero-order chi connectivity index (χ0) is 19.9. The number of benzene rings is 2. The van der Waals surface area contributed by atoms with Gasteiger partial charge in [-0.2, -0.15) is 4.57 Å². The van der Waals surface area contributed by atoms with E-state index in [1.807, 2.05) is 36.4 Å². The molecule has 28 heavy (non-hydrogen) atoms. The minimum Gasteiger partial charge on any atom is -0.320 e. The average molecular weight is 373 g/mol. The van der Waals surface area contributed by atoms with Gasteiger partial charge in [0.2, 0.25) is 6.54 Å². The highest BCUT2D eigenvalue weighted by Crippen LogP contribution is 2.26. The van der Waals surface area contributed by atoms with Gasteiger partial charge in [0.1, 0.15) is 0 Å². The van der Waals surface area contributed by atoms with Gasteiger partial charge < -0.3 is 5.32 Å². The second kappa shape index (κ2) is 9.09. The molecule has 4 heteroatoms. The molecule has 3 aromatic rings. The minimum absolute atomic E-state index is 0.0281. The SMILES string of the molecule is CC[C@@H](C)c1ccccc1NC(=O)C[n+]1ccc(C(=O)c2ccccc2)cc1. The number of nitrogens with one attached hydrogen (secondary N) is 1. The summed E-state index contributed by atoms with van der Waals surface area (Å²) in [5.74, 6) is 0.259. The van der Waals surface area contributed by atoms with Crippen LogP contribution in [-0.2, 0) is 11.3 Å². The van der Waals surface area contributed by atoms with Gasteiger partial charge in [-0.1, -0.05) is 62.4 Å². The highest BCUT2D eigenvalue weighted by molar-refractivity contribution is 6.08. The molecule has 0 spiro atoms. The summed E-state index contributed by atoms with van der Waals surface area (Å²) in [5.41, 5.74) is 3.26. The van der Waals surface area contributed by atoms with Gasteiger partial charge in [0.25, 0.3) is 5.91 Å². The average Bonchev–Trinajstić information content (AvgIpc) is 2.74. The van der Waals surface area contributed by atoms with Crippen molar-refractivity contribution in [3.8, 4) is 0 Å². The van der Waals surface area contributed by atoms with Crippen LogP contribution in [0.15, 0.2) is 79.1 Å². The Morgan fingerprint density at radius 1 is 0.893 bits per heavy atom. The second-order valence-electron chi connectivity index (χ2n) is 6.90. The number of rotatable bonds is 7. The summed E-state index contributed by atoms with van der Waals surface area (Å²) in [7, 11) is 0. The van der Waals surface area contributed by atoms with Crippen LogP contribution in [0.3, 0.4) is 0 Å². The molecule has 1 atom stereocenters. The number of pyridine rings is 1. The van der Waals surface area contributed by atoms with Crippen molar-refractivity contribution in [3.05, 3.63) is 95.8 Å². The largest absolute Gasteiger partial charge is 0.320 e. The number of aromatic nitrogens is 1. The Labute approximate surface area is 165 Å². The van der Waals surface area contributed by atoms with Crippen molar-refractivity contribution in [3.63, 3.8) is 0 Å². The number of hydrogen-bond donors (Lipinski definition) is 1. The van der Waals surface area contributed by atoms with Gasteiger partial charge in [-0.15, -0.1) is 0 Å². The number of carbonyl (C=O) groups is 2. The van der Waals surface area contributed by atoms with Crippen LogP contribution in [0, 0.1) is 0 Å². The normalized spacial score (nSPS) is 11.6. The zero-order valence-corrected chi connectivity index (χ0v) is 16.3. The van der Waals surface area contributed by atoms with Crippen LogP contribution in [-0.4, -0.2) is 11.7 Å². The summed E-state index contributed by atoms with van der Waals surface area (Å²) in [6.45, 7) is 4.48. The first-order chi connectivity index (χ1) is 13.6. The third-order valence-corrected chi connectivity index (χ3v) is 4.89. The van der Waals surface area contributed by atoms with E-state index in [0.717, 1.165) is 17.7 Å². The Balaban J connectivity index is 1.66. The molecule has 2 aromatic carbocycles. The molecule has 0 unspecified atom stereocenters. The maximum Gasteiger partial charge on any atom is 0.290 e. The Hall–Kier alpha value is -3.27. The van der Waals surface area contributed by atoms with Crippen LogP contribution in [0.25, 0.3) is 0 Å². The van der Waals surface area contributed by atoms with Gasteiger partial charge in [-0.05, 0) is 24.0 Å². The molecule has 1 aromatic heterocycles. The maximum absolute atomic E-state index is 12.5. The number of nitrogens with zero attached hydrogens (tertiary/aromatic N) is 1. The number of para-hydroxylation sites is 1. The molecule has 4 nitrogen and oxygen atoms in total. The topological polar surface area (TPSA) is 50.1 Å². The molecule has 0 aliphatic rings. The smallest absolute Gasteiger partial charge is 0.290 e. The van der Waals surface area contributed by atoms with Gasteiger partial charge in [0, 0.05) is 28.9 Å². The van der Waals surface area contributed by atoms with Crippen molar-refractivity contribution in [1.29, 1.82) is 0 Å². The number of carbonyl (C=O) groups excluding carboxylic acids is 2. The van der Waals surface area contributed by atoms with Crippen molar-refractivity contribution in [1.82, 2.24) is 0 Å². The summed E-state index contributed by atoms with van der Waals surface area (Å²) in [4.78, 5) is 24.9. The number of ketones is 1. The van der Waals surface area contributed by atoms with Gasteiger partial charge in [0.15, 0.2) is 18.2 Å². The van der Waals surface area contributed by atoms with E-state index in [-0.39, 0.29) is 18.2 Å². The Bertz CT molecular complexity index is 950. The first-order valence-electron chi connectivity index (χ1n) is 9.56. The van der Waals surface area contributed by atoms with Crippen LogP contribution >= 0.6 is 0 Å². The van der Waals surface area contributed by atoms with E-state index in [2.05, 4.69) is 25.2 Å². The fourth-order valence-corrected chi connectivity index (χ4v) is 3.09. The Morgan fingerprint density at radius 3 is 2.18 bits per heavy atom. The van der Waals surface area contributed by atoms with Crippen molar-refractivity contribution >= 4 is 17.4 Å². The van der Waals surface area contributed by atoms with Crippen molar-refractivity contribution in [2.24, 2.45) is 0 Å². The second-order valence-corrected chi connectivity index (χ2v) is 6.90. The molecule has 3 rings (SSSR count). The highest BCUT2D eigenvalue weighted by atomic mass is 16.2. The van der Waals surface area contributed by atoms with E-state index in [9.17, 15) is 9.59 Å². The molecule has 0 aliphatic heterocycles. The lowest BCUT2D eigenvalue weighted by atomic mass is 9.97. The first-order valence-corrected chi connectivity index (χ1v) is 9.56. The Kier molecular flexibility index (Phi) is 6.33. The fraction of sp³-hybridized carbons (Fsp3) is 0.208. The summed E-state index contributed by atoms with van der Waals surface area (Å²) in [5, 5.41) is 3.01. The maximum atomic E-state index is 12.5. The summed E-state index contributed by atoms with van der Waals surface area (Å²) < 4.78 is 1.77. The lowest BCUT2D eigenvalue weighted by molar-refractivity contribution is -0.684. The number of hydrogen-bond acceptors (Lipinski definition) is 2. The fourth-order valence-electron chi connectivity index (χ4n) is 3.09.